The normalized spacial score (nSPS) is 19.2. The van der Waals surface area contributed by atoms with Crippen molar-refractivity contribution in [3.8, 4) is 0 Å². The van der Waals surface area contributed by atoms with Gasteiger partial charge < -0.3 is 15.4 Å². The Hall–Kier alpha value is -1.55. The highest BCUT2D eigenvalue weighted by Gasteiger charge is 2.24. The minimum absolute atomic E-state index is 0.0476. The number of amides is 1. The average molecular weight is 262 g/mol. The molecule has 2 rings (SSSR count). The quantitative estimate of drug-likeness (QED) is 0.853. The van der Waals surface area contributed by atoms with Crippen LogP contribution in [0.3, 0.4) is 0 Å². The second-order valence-electron chi connectivity index (χ2n) is 4.96. The molecule has 4 nitrogen and oxygen atoms in total. The summed E-state index contributed by atoms with van der Waals surface area (Å²) in [6.45, 7) is 5.15. The number of anilines is 1. The Kier molecular flexibility index (Phi) is 4.80. The average Bonchev–Trinajstić information content (AvgIpc) is 2.44. The summed E-state index contributed by atoms with van der Waals surface area (Å²) in [5, 5.41) is 6.29. The van der Waals surface area contributed by atoms with E-state index in [1.165, 1.54) is 5.56 Å². The molecule has 1 heterocycles. The highest BCUT2D eigenvalue weighted by atomic mass is 16.5. The van der Waals surface area contributed by atoms with Gasteiger partial charge in [0.2, 0.25) is 5.91 Å². The van der Waals surface area contributed by atoms with Crippen LogP contribution in [-0.2, 0) is 16.0 Å². The number of rotatable bonds is 5. The van der Waals surface area contributed by atoms with E-state index in [1.807, 2.05) is 32.0 Å². The number of carbonyl (C=O) groups excluding carboxylic acids is 1. The Bertz CT molecular complexity index is 434. The van der Waals surface area contributed by atoms with Gasteiger partial charge in [-0.1, -0.05) is 18.2 Å². The van der Waals surface area contributed by atoms with Crippen LogP contribution in [0.5, 0.6) is 0 Å². The summed E-state index contributed by atoms with van der Waals surface area (Å²) in [7, 11) is 0. The molecule has 0 bridgehead atoms. The third kappa shape index (κ3) is 3.70. The van der Waals surface area contributed by atoms with E-state index >= 15 is 0 Å². The molecule has 0 saturated heterocycles. The van der Waals surface area contributed by atoms with E-state index < -0.39 is 0 Å². The lowest BCUT2D eigenvalue weighted by Gasteiger charge is -2.27. The zero-order chi connectivity index (χ0) is 13.7. The van der Waals surface area contributed by atoms with Gasteiger partial charge in [-0.3, -0.25) is 4.79 Å². The molecule has 4 heteroatoms. The summed E-state index contributed by atoms with van der Waals surface area (Å²) in [4.78, 5) is 12.2. The van der Waals surface area contributed by atoms with Gasteiger partial charge in [0.15, 0.2) is 0 Å². The van der Waals surface area contributed by atoms with Gasteiger partial charge >= 0.3 is 0 Å². The number of ether oxygens (including phenoxy) is 1. The molecule has 1 aliphatic heterocycles. The van der Waals surface area contributed by atoms with Crippen molar-refractivity contribution in [2.24, 2.45) is 0 Å². The Balaban J connectivity index is 1.88. The number of fused-ring (bicyclic) bond motifs is 1. The molecule has 0 radical (unpaired) electrons. The first-order chi connectivity index (χ1) is 9.20. The molecule has 0 fully saturated rings. The molecular formula is C15H22N2O2. The van der Waals surface area contributed by atoms with Crippen molar-refractivity contribution in [1.29, 1.82) is 0 Å². The van der Waals surface area contributed by atoms with E-state index in [0.29, 0.717) is 13.2 Å². The van der Waals surface area contributed by atoms with Crippen LogP contribution < -0.4 is 10.6 Å². The van der Waals surface area contributed by atoms with Crippen LogP contribution in [0.15, 0.2) is 24.3 Å². The summed E-state index contributed by atoms with van der Waals surface area (Å²) in [5.41, 5.74) is 2.36. The number of aryl methyl sites for hydroxylation is 1. The van der Waals surface area contributed by atoms with Gasteiger partial charge in [0.1, 0.15) is 6.04 Å². The van der Waals surface area contributed by atoms with Gasteiger partial charge in [-0.2, -0.15) is 0 Å². The lowest BCUT2D eigenvalue weighted by Crippen LogP contribution is -2.46. The lowest BCUT2D eigenvalue weighted by atomic mass is 9.97. The molecule has 2 unspecified atom stereocenters. The Morgan fingerprint density at radius 2 is 2.32 bits per heavy atom. The first-order valence-corrected chi connectivity index (χ1v) is 6.93. The fraction of sp³-hybridized carbons (Fsp3) is 0.533. The molecule has 0 aliphatic carbocycles. The van der Waals surface area contributed by atoms with Crippen LogP contribution in [0.1, 0.15) is 25.8 Å². The maximum absolute atomic E-state index is 12.2. The van der Waals surface area contributed by atoms with Gasteiger partial charge in [0.05, 0.1) is 6.61 Å². The first-order valence-electron chi connectivity index (χ1n) is 6.93. The van der Waals surface area contributed by atoms with E-state index in [0.717, 1.165) is 18.5 Å². The van der Waals surface area contributed by atoms with Gasteiger partial charge in [0.25, 0.3) is 0 Å². The van der Waals surface area contributed by atoms with Crippen molar-refractivity contribution in [3.05, 3.63) is 29.8 Å². The first kappa shape index (κ1) is 13.9. The number of hydrogen-bond acceptors (Lipinski definition) is 3. The van der Waals surface area contributed by atoms with Crippen LogP contribution in [0, 0.1) is 0 Å². The predicted molar refractivity (Wildman–Crippen MR) is 76.3 cm³/mol. The van der Waals surface area contributed by atoms with Crippen LogP contribution in [0.2, 0.25) is 0 Å². The predicted octanol–water partition coefficient (Wildman–Crippen LogP) is 1.95. The Morgan fingerprint density at radius 1 is 1.53 bits per heavy atom. The maximum atomic E-state index is 12.2. The second-order valence-corrected chi connectivity index (χ2v) is 4.96. The van der Waals surface area contributed by atoms with Crippen molar-refractivity contribution < 1.29 is 9.53 Å². The molecule has 1 amide bonds. The minimum atomic E-state index is -0.140. The molecule has 0 aromatic heterocycles. The fourth-order valence-electron chi connectivity index (χ4n) is 2.32. The monoisotopic (exact) mass is 262 g/mol. The van der Waals surface area contributed by atoms with Crippen molar-refractivity contribution >= 4 is 11.6 Å². The highest BCUT2D eigenvalue weighted by molar-refractivity contribution is 5.85. The van der Waals surface area contributed by atoms with Crippen molar-refractivity contribution in [2.45, 2.75) is 38.8 Å². The third-order valence-electron chi connectivity index (χ3n) is 3.33. The summed E-state index contributed by atoms with van der Waals surface area (Å²) in [6, 6.07) is 8.06. The van der Waals surface area contributed by atoms with E-state index in [-0.39, 0.29) is 18.0 Å². The maximum Gasteiger partial charge on any atom is 0.242 e. The Morgan fingerprint density at radius 3 is 3.11 bits per heavy atom. The van der Waals surface area contributed by atoms with Crippen molar-refractivity contribution in [1.82, 2.24) is 5.32 Å². The van der Waals surface area contributed by atoms with Gasteiger partial charge in [-0.15, -0.1) is 0 Å². The Labute approximate surface area is 114 Å². The fourth-order valence-corrected chi connectivity index (χ4v) is 2.32. The molecule has 1 aromatic carbocycles. The SMILES string of the molecule is CCOCC(C)NC(=O)C1CCc2ccccc2N1. The summed E-state index contributed by atoms with van der Waals surface area (Å²) >= 11 is 0. The third-order valence-corrected chi connectivity index (χ3v) is 3.33. The number of nitrogens with one attached hydrogen (secondary N) is 2. The molecule has 19 heavy (non-hydrogen) atoms. The standard InChI is InChI=1S/C15H22N2O2/c1-3-19-10-11(2)16-15(18)14-9-8-12-6-4-5-7-13(12)17-14/h4-7,11,14,17H,3,8-10H2,1-2H3,(H,16,18). The van der Waals surface area contributed by atoms with Crippen LogP contribution in [-0.4, -0.2) is 31.2 Å². The molecule has 0 spiro atoms. The smallest absolute Gasteiger partial charge is 0.242 e. The molecule has 104 valence electrons. The molecule has 0 saturated carbocycles. The molecule has 1 aliphatic rings. The molecular weight excluding hydrogens is 240 g/mol. The van der Waals surface area contributed by atoms with Crippen molar-refractivity contribution in [3.63, 3.8) is 0 Å². The zero-order valence-corrected chi connectivity index (χ0v) is 11.6. The van der Waals surface area contributed by atoms with Gasteiger partial charge in [-0.05, 0) is 38.3 Å². The summed E-state index contributed by atoms with van der Waals surface area (Å²) in [6.07, 6.45) is 1.78. The second kappa shape index (κ2) is 6.57. The van der Waals surface area contributed by atoms with Crippen LogP contribution in [0.25, 0.3) is 0 Å². The summed E-state index contributed by atoms with van der Waals surface area (Å²) < 4.78 is 5.30. The molecule has 1 aromatic rings. The molecule has 2 atom stereocenters. The number of hydrogen-bond donors (Lipinski definition) is 2. The topological polar surface area (TPSA) is 50.4 Å². The van der Waals surface area contributed by atoms with Crippen molar-refractivity contribution in [2.75, 3.05) is 18.5 Å². The van der Waals surface area contributed by atoms with Gasteiger partial charge in [-0.25, -0.2) is 0 Å². The zero-order valence-electron chi connectivity index (χ0n) is 11.6. The van der Waals surface area contributed by atoms with E-state index in [1.54, 1.807) is 0 Å². The minimum Gasteiger partial charge on any atom is -0.380 e. The lowest BCUT2D eigenvalue weighted by molar-refractivity contribution is -0.123. The summed E-state index contributed by atoms with van der Waals surface area (Å²) in [5.74, 6) is 0.0571. The largest absolute Gasteiger partial charge is 0.380 e. The van der Waals surface area contributed by atoms with E-state index in [4.69, 9.17) is 4.74 Å². The number of para-hydroxylation sites is 1. The van der Waals surface area contributed by atoms with E-state index in [9.17, 15) is 4.79 Å². The highest BCUT2D eigenvalue weighted by Crippen LogP contribution is 2.24. The van der Waals surface area contributed by atoms with E-state index in [2.05, 4.69) is 16.7 Å². The number of carbonyl (C=O) groups is 1. The number of benzene rings is 1. The molecule has 2 N–H and O–H groups in total. The van der Waals surface area contributed by atoms with Gasteiger partial charge in [0, 0.05) is 18.3 Å². The van der Waals surface area contributed by atoms with Crippen LogP contribution >= 0.6 is 0 Å². The van der Waals surface area contributed by atoms with Crippen LogP contribution in [0.4, 0.5) is 5.69 Å².